The zero-order chi connectivity index (χ0) is 23.2. The Balaban J connectivity index is 1.22. The number of fused-ring (bicyclic) bond motifs is 1. The molecule has 3 N–H and O–H groups in total. The molecule has 2 saturated carbocycles. The Morgan fingerprint density at radius 1 is 1.15 bits per heavy atom. The number of hydrogen-bond donors (Lipinski definition) is 3. The number of carbonyl (C=O) groups is 1. The normalized spacial score (nSPS) is 21.8. The Hall–Kier alpha value is -3.00. The third-order valence-electron chi connectivity index (χ3n) is 7.10. The second kappa shape index (κ2) is 8.09. The Labute approximate surface area is 188 Å². The minimum atomic E-state index is -4.32. The number of rotatable bonds is 6. The lowest BCUT2D eigenvalue weighted by atomic mass is 9.68. The summed E-state index contributed by atoms with van der Waals surface area (Å²) in [6, 6.07) is 11.0. The van der Waals surface area contributed by atoms with Crippen LogP contribution in [0.1, 0.15) is 49.1 Å². The van der Waals surface area contributed by atoms with E-state index in [-0.39, 0.29) is 24.5 Å². The number of amides is 1. The molecule has 0 bridgehead atoms. The average molecular weight is 458 g/mol. The second-order valence-electron chi connectivity index (χ2n) is 9.18. The molecule has 1 amide bonds. The van der Waals surface area contributed by atoms with Crippen molar-refractivity contribution in [3.63, 3.8) is 0 Å². The predicted molar refractivity (Wildman–Crippen MR) is 118 cm³/mol. The van der Waals surface area contributed by atoms with Crippen LogP contribution in [0.15, 0.2) is 48.7 Å². The number of aliphatic hydroxyl groups is 1. The molecule has 0 spiro atoms. The summed E-state index contributed by atoms with van der Waals surface area (Å²) >= 11 is 0. The maximum Gasteiger partial charge on any atom is 0.416 e. The number of benzene rings is 2. The molecule has 2 aliphatic carbocycles. The monoisotopic (exact) mass is 458 g/mol. The van der Waals surface area contributed by atoms with E-state index in [1.807, 2.05) is 18.2 Å². The van der Waals surface area contributed by atoms with Gasteiger partial charge in [-0.15, -0.1) is 0 Å². The van der Waals surface area contributed by atoms with Gasteiger partial charge in [0, 0.05) is 17.1 Å². The maximum atomic E-state index is 12.7. The summed E-state index contributed by atoms with van der Waals surface area (Å²) in [5.41, 5.74) is 1.08. The van der Waals surface area contributed by atoms with Crippen molar-refractivity contribution in [3.8, 4) is 5.75 Å². The van der Waals surface area contributed by atoms with Gasteiger partial charge in [-0.2, -0.15) is 13.2 Å². The molecule has 1 aromatic heterocycles. The number of aromatic nitrogens is 1. The fraction of sp³-hybridized carbons (Fsp3) is 0.400. The molecule has 3 aromatic rings. The largest absolute Gasteiger partial charge is 0.490 e. The minimum Gasteiger partial charge on any atom is -0.490 e. The van der Waals surface area contributed by atoms with Gasteiger partial charge in [0.25, 0.3) is 0 Å². The number of aromatic amines is 1. The first-order valence-electron chi connectivity index (χ1n) is 11.1. The molecule has 0 aliphatic heterocycles. The zero-order valence-electron chi connectivity index (χ0n) is 17.9. The first-order chi connectivity index (χ1) is 15.8. The zero-order valence-corrected chi connectivity index (χ0v) is 17.9. The number of anilines is 1. The Morgan fingerprint density at radius 3 is 2.48 bits per heavy atom. The SMILES string of the molecule is O=C(Nc1c[nH]c2ccc(O[C@H]3C[C@@H](c4ccc(C(F)(F)F)cc4)C3)cc12)C1(CO)CCC1. The molecule has 5 nitrogen and oxygen atoms in total. The van der Waals surface area contributed by atoms with Crippen molar-refractivity contribution < 1.29 is 27.8 Å². The average Bonchev–Trinajstić information content (AvgIpc) is 3.11. The highest BCUT2D eigenvalue weighted by Crippen LogP contribution is 2.43. The highest BCUT2D eigenvalue weighted by Gasteiger charge is 2.43. The Kier molecular flexibility index (Phi) is 5.35. The van der Waals surface area contributed by atoms with Gasteiger partial charge in [-0.3, -0.25) is 4.79 Å². The van der Waals surface area contributed by atoms with Crippen molar-refractivity contribution in [2.45, 2.75) is 50.3 Å². The van der Waals surface area contributed by atoms with Crippen LogP contribution in [0.25, 0.3) is 10.9 Å². The minimum absolute atomic E-state index is 0.0145. The number of halogens is 3. The van der Waals surface area contributed by atoms with Crippen LogP contribution in [0, 0.1) is 5.41 Å². The summed E-state index contributed by atoms with van der Waals surface area (Å²) in [6.45, 7) is -0.155. The predicted octanol–water partition coefficient (Wildman–Crippen LogP) is 5.61. The van der Waals surface area contributed by atoms with Crippen molar-refractivity contribution in [1.82, 2.24) is 4.98 Å². The molecule has 174 valence electrons. The van der Waals surface area contributed by atoms with E-state index in [1.165, 1.54) is 0 Å². The first-order valence-corrected chi connectivity index (χ1v) is 11.1. The van der Waals surface area contributed by atoms with Crippen molar-refractivity contribution in [1.29, 1.82) is 0 Å². The van der Waals surface area contributed by atoms with Crippen LogP contribution in [0.4, 0.5) is 18.9 Å². The second-order valence-corrected chi connectivity index (χ2v) is 9.18. The van der Waals surface area contributed by atoms with E-state index in [2.05, 4.69) is 10.3 Å². The van der Waals surface area contributed by atoms with Gasteiger partial charge in [-0.1, -0.05) is 18.6 Å². The fourth-order valence-corrected chi connectivity index (χ4v) is 4.66. The summed E-state index contributed by atoms with van der Waals surface area (Å²) in [5, 5.41) is 13.4. The topological polar surface area (TPSA) is 74.4 Å². The van der Waals surface area contributed by atoms with E-state index in [0.717, 1.165) is 47.9 Å². The van der Waals surface area contributed by atoms with Crippen LogP contribution < -0.4 is 10.1 Å². The van der Waals surface area contributed by atoms with E-state index < -0.39 is 17.2 Å². The third-order valence-corrected chi connectivity index (χ3v) is 7.10. The van der Waals surface area contributed by atoms with Gasteiger partial charge in [-0.05, 0) is 67.5 Å². The van der Waals surface area contributed by atoms with Crippen LogP contribution in [0.2, 0.25) is 0 Å². The lowest BCUT2D eigenvalue weighted by molar-refractivity contribution is -0.137. The van der Waals surface area contributed by atoms with Crippen LogP contribution >= 0.6 is 0 Å². The lowest BCUT2D eigenvalue weighted by Crippen LogP contribution is -2.44. The van der Waals surface area contributed by atoms with Crippen LogP contribution in [0.5, 0.6) is 5.75 Å². The van der Waals surface area contributed by atoms with Gasteiger partial charge in [-0.25, -0.2) is 0 Å². The number of ether oxygens (including phenoxy) is 1. The van der Waals surface area contributed by atoms with E-state index in [0.29, 0.717) is 24.3 Å². The standard InChI is InChI=1S/C25H25F3N2O3/c26-25(27,28)17-4-2-15(3-5-17)16-10-19(11-16)33-18-6-7-21-20(12-18)22(13-29-21)30-23(32)24(14-31)8-1-9-24/h2-7,12-13,16,19,29,31H,1,8-11,14H2,(H,30,32)/t16-,19+. The fourth-order valence-electron chi connectivity index (χ4n) is 4.66. The number of nitrogens with one attached hydrogen (secondary N) is 2. The number of carbonyl (C=O) groups excluding carboxylic acids is 1. The van der Waals surface area contributed by atoms with Gasteiger partial charge in [0.1, 0.15) is 5.75 Å². The van der Waals surface area contributed by atoms with Gasteiger partial charge in [0.2, 0.25) is 5.91 Å². The molecule has 0 radical (unpaired) electrons. The van der Waals surface area contributed by atoms with Gasteiger partial charge < -0.3 is 20.1 Å². The van der Waals surface area contributed by atoms with Crippen molar-refractivity contribution in [2.24, 2.45) is 5.41 Å². The smallest absolute Gasteiger partial charge is 0.416 e. The van der Waals surface area contributed by atoms with E-state index in [4.69, 9.17) is 4.74 Å². The van der Waals surface area contributed by atoms with E-state index in [9.17, 15) is 23.1 Å². The van der Waals surface area contributed by atoms with Crippen molar-refractivity contribution >= 4 is 22.5 Å². The molecule has 8 heteroatoms. The number of aliphatic hydroxyl groups excluding tert-OH is 1. The summed E-state index contributed by atoms with van der Waals surface area (Å²) in [5.74, 6) is 0.691. The van der Waals surface area contributed by atoms with Crippen LogP contribution in [-0.4, -0.2) is 28.7 Å². The molecular weight excluding hydrogens is 433 g/mol. The Morgan fingerprint density at radius 2 is 1.88 bits per heavy atom. The van der Waals surface area contributed by atoms with Crippen molar-refractivity contribution in [2.75, 3.05) is 11.9 Å². The molecule has 2 fully saturated rings. The van der Waals surface area contributed by atoms with Crippen LogP contribution in [0.3, 0.4) is 0 Å². The maximum absolute atomic E-state index is 12.7. The quantitative estimate of drug-likeness (QED) is 0.449. The first kappa shape index (κ1) is 21.8. The molecule has 33 heavy (non-hydrogen) atoms. The molecule has 1 heterocycles. The summed E-state index contributed by atoms with van der Waals surface area (Å²) in [4.78, 5) is 15.8. The van der Waals surface area contributed by atoms with E-state index >= 15 is 0 Å². The van der Waals surface area contributed by atoms with Gasteiger partial charge in [0.05, 0.1) is 29.4 Å². The van der Waals surface area contributed by atoms with E-state index in [1.54, 1.807) is 18.3 Å². The number of hydrogen-bond acceptors (Lipinski definition) is 3. The summed E-state index contributed by atoms with van der Waals surface area (Å²) < 4.78 is 44.3. The van der Waals surface area contributed by atoms with Crippen LogP contribution in [-0.2, 0) is 11.0 Å². The molecule has 0 atom stereocenters. The number of H-pyrrole nitrogens is 1. The molecule has 2 aromatic carbocycles. The lowest BCUT2D eigenvalue weighted by Gasteiger charge is -2.38. The molecular formula is C25H25F3N2O3. The summed E-state index contributed by atoms with van der Waals surface area (Å²) in [6.07, 6.45) is 1.18. The Bertz CT molecular complexity index is 1150. The molecule has 2 aliphatic rings. The highest BCUT2D eigenvalue weighted by atomic mass is 19.4. The van der Waals surface area contributed by atoms with Crippen molar-refractivity contribution in [3.05, 3.63) is 59.8 Å². The number of alkyl halides is 3. The third kappa shape index (κ3) is 4.08. The molecule has 0 unspecified atom stereocenters. The summed E-state index contributed by atoms with van der Waals surface area (Å²) in [7, 11) is 0. The highest BCUT2D eigenvalue weighted by molar-refractivity contribution is 6.04. The molecule has 0 saturated heterocycles. The molecule has 5 rings (SSSR count). The van der Waals surface area contributed by atoms with Gasteiger partial charge >= 0.3 is 6.18 Å². The van der Waals surface area contributed by atoms with Gasteiger partial charge in [0.15, 0.2) is 0 Å².